The number of amides is 1. The molecule has 1 aliphatic rings. The molecule has 0 fully saturated rings. The van der Waals surface area contributed by atoms with E-state index in [0.29, 0.717) is 5.56 Å². The summed E-state index contributed by atoms with van der Waals surface area (Å²) < 4.78 is 6.14. The molecular formula is C25H28N2O2. The number of fused-ring (bicyclic) bond motifs is 3. The Bertz CT molecular complexity index is 997. The Morgan fingerprint density at radius 3 is 2.48 bits per heavy atom. The van der Waals surface area contributed by atoms with Gasteiger partial charge in [-0.3, -0.25) is 9.78 Å². The molecule has 0 radical (unpaired) electrons. The van der Waals surface area contributed by atoms with E-state index in [1.807, 2.05) is 89.2 Å². The number of carbonyl (C=O) groups excluding carboxylic acids is 1. The first-order chi connectivity index (χ1) is 14.0. The third kappa shape index (κ3) is 4.16. The highest BCUT2D eigenvalue weighted by Gasteiger charge is 2.33. The van der Waals surface area contributed by atoms with E-state index in [1.54, 1.807) is 12.4 Å². The van der Waals surface area contributed by atoms with Crippen molar-refractivity contribution in [3.8, 4) is 16.9 Å². The average Bonchev–Trinajstić information content (AvgIpc) is 2.75. The molecule has 0 spiro atoms. The van der Waals surface area contributed by atoms with Crippen molar-refractivity contribution in [2.24, 2.45) is 0 Å². The number of nitrogens with one attached hydrogen (secondary N) is 1. The van der Waals surface area contributed by atoms with Gasteiger partial charge in [-0.25, -0.2) is 0 Å². The first-order valence-corrected chi connectivity index (χ1v) is 10.1. The molecule has 1 unspecified atom stereocenters. The van der Waals surface area contributed by atoms with E-state index in [9.17, 15) is 4.79 Å². The Labute approximate surface area is 173 Å². The lowest BCUT2D eigenvalue weighted by molar-refractivity contribution is 0.0936. The Kier molecular flexibility index (Phi) is 6.02. The van der Waals surface area contributed by atoms with Crippen LogP contribution in [0.15, 0.2) is 67.0 Å². The fourth-order valence-electron chi connectivity index (χ4n) is 3.54. The van der Waals surface area contributed by atoms with Crippen LogP contribution in [0.25, 0.3) is 11.1 Å². The van der Waals surface area contributed by atoms with Gasteiger partial charge >= 0.3 is 0 Å². The number of hydrogen-bond donors (Lipinski definition) is 1. The summed E-state index contributed by atoms with van der Waals surface area (Å²) >= 11 is 0. The van der Waals surface area contributed by atoms with Crippen LogP contribution in [-0.2, 0) is 5.60 Å². The predicted molar refractivity (Wildman–Crippen MR) is 117 cm³/mol. The molecule has 0 saturated heterocycles. The van der Waals surface area contributed by atoms with Gasteiger partial charge < -0.3 is 10.1 Å². The lowest BCUT2D eigenvalue weighted by Crippen LogP contribution is -2.31. The Morgan fingerprint density at radius 1 is 1.03 bits per heavy atom. The predicted octanol–water partition coefficient (Wildman–Crippen LogP) is 5.89. The molecule has 0 aliphatic carbocycles. The van der Waals surface area contributed by atoms with E-state index in [-0.39, 0.29) is 11.9 Å². The van der Waals surface area contributed by atoms with Crippen molar-refractivity contribution in [2.45, 2.75) is 46.3 Å². The highest BCUT2D eigenvalue weighted by molar-refractivity contribution is 5.95. The van der Waals surface area contributed by atoms with Crippen molar-refractivity contribution < 1.29 is 9.53 Å². The second-order valence-electron chi connectivity index (χ2n) is 7.35. The van der Waals surface area contributed by atoms with Crippen molar-refractivity contribution >= 4 is 5.91 Å². The smallest absolute Gasteiger partial charge is 0.251 e. The van der Waals surface area contributed by atoms with Crippen molar-refractivity contribution in [2.75, 3.05) is 0 Å². The van der Waals surface area contributed by atoms with Crippen LogP contribution in [0, 0.1) is 0 Å². The molecule has 2 heterocycles. The zero-order valence-electron chi connectivity index (χ0n) is 17.7. The minimum absolute atomic E-state index is 0.0641. The fourth-order valence-corrected chi connectivity index (χ4v) is 3.54. The molecule has 4 rings (SSSR count). The SMILES string of the molecule is CC.CC(NC(=O)c1ccc2c(c1)C(C)(C)Oc1cnccc1-2)c1ccccc1. The highest BCUT2D eigenvalue weighted by atomic mass is 16.5. The summed E-state index contributed by atoms with van der Waals surface area (Å²) in [5, 5.41) is 3.08. The first-order valence-electron chi connectivity index (χ1n) is 10.1. The molecular weight excluding hydrogens is 360 g/mol. The average molecular weight is 389 g/mol. The van der Waals surface area contributed by atoms with Crippen LogP contribution in [-0.4, -0.2) is 10.9 Å². The largest absolute Gasteiger partial charge is 0.481 e. The van der Waals surface area contributed by atoms with Gasteiger partial charge in [0.25, 0.3) is 5.91 Å². The minimum atomic E-state index is -0.535. The van der Waals surface area contributed by atoms with E-state index in [2.05, 4.69) is 10.3 Å². The summed E-state index contributed by atoms with van der Waals surface area (Å²) in [7, 11) is 0. The number of ether oxygens (including phenoxy) is 1. The van der Waals surface area contributed by atoms with Crippen LogP contribution in [0.4, 0.5) is 0 Å². The Morgan fingerprint density at radius 2 is 1.76 bits per heavy atom. The maximum Gasteiger partial charge on any atom is 0.251 e. The number of carbonyl (C=O) groups is 1. The molecule has 0 saturated carbocycles. The van der Waals surface area contributed by atoms with E-state index in [4.69, 9.17) is 4.74 Å². The van der Waals surface area contributed by atoms with Crippen molar-refractivity contribution in [1.29, 1.82) is 0 Å². The number of aromatic nitrogens is 1. The van der Waals surface area contributed by atoms with Gasteiger partial charge in [-0.05, 0) is 50.1 Å². The van der Waals surface area contributed by atoms with Gasteiger partial charge in [0.05, 0.1) is 12.2 Å². The number of nitrogens with zero attached hydrogens (tertiary/aromatic N) is 1. The quantitative estimate of drug-likeness (QED) is 0.608. The second kappa shape index (κ2) is 8.48. The normalized spacial score (nSPS) is 14.2. The zero-order chi connectivity index (χ0) is 21.0. The number of rotatable bonds is 3. The molecule has 0 bridgehead atoms. The summed E-state index contributed by atoms with van der Waals surface area (Å²) in [6, 6.07) is 17.6. The van der Waals surface area contributed by atoms with E-state index < -0.39 is 5.60 Å². The summed E-state index contributed by atoms with van der Waals surface area (Å²) in [5.41, 5.74) is 4.26. The van der Waals surface area contributed by atoms with Crippen LogP contribution >= 0.6 is 0 Å². The first kappa shape index (κ1) is 20.6. The monoisotopic (exact) mass is 388 g/mol. The number of hydrogen-bond acceptors (Lipinski definition) is 3. The molecule has 29 heavy (non-hydrogen) atoms. The van der Waals surface area contributed by atoms with Gasteiger partial charge in [0.15, 0.2) is 0 Å². The van der Waals surface area contributed by atoms with Gasteiger partial charge in [-0.2, -0.15) is 0 Å². The van der Waals surface area contributed by atoms with Crippen LogP contribution in [0.3, 0.4) is 0 Å². The molecule has 1 amide bonds. The number of benzene rings is 2. The molecule has 1 aliphatic heterocycles. The summed E-state index contributed by atoms with van der Waals surface area (Å²) in [6.07, 6.45) is 3.49. The molecule has 1 atom stereocenters. The second-order valence-corrected chi connectivity index (χ2v) is 7.35. The van der Waals surface area contributed by atoms with Crippen molar-refractivity contribution in [3.63, 3.8) is 0 Å². The molecule has 3 aromatic rings. The standard InChI is InChI=1S/C23H22N2O2.C2H6/c1-15(16-7-5-4-6-8-16)25-22(26)17-9-10-18-19-11-12-24-14-21(19)27-23(2,3)20(18)13-17;1-2/h4-15H,1-3H3,(H,25,26);1-2H3. The molecule has 150 valence electrons. The molecule has 2 aromatic carbocycles. The summed E-state index contributed by atoms with van der Waals surface area (Å²) in [5.74, 6) is 0.676. The van der Waals surface area contributed by atoms with Crippen molar-refractivity contribution in [3.05, 3.63) is 83.7 Å². The van der Waals surface area contributed by atoms with Crippen LogP contribution in [0.5, 0.6) is 5.75 Å². The fraction of sp³-hybridized carbons (Fsp3) is 0.280. The van der Waals surface area contributed by atoms with E-state index in [0.717, 1.165) is 28.0 Å². The van der Waals surface area contributed by atoms with E-state index in [1.165, 1.54) is 0 Å². The zero-order valence-corrected chi connectivity index (χ0v) is 17.7. The maximum absolute atomic E-state index is 12.8. The highest BCUT2D eigenvalue weighted by Crippen LogP contribution is 2.44. The van der Waals surface area contributed by atoms with Crippen molar-refractivity contribution in [1.82, 2.24) is 10.3 Å². The van der Waals surface area contributed by atoms with E-state index >= 15 is 0 Å². The lowest BCUT2D eigenvalue weighted by atomic mass is 9.85. The molecule has 1 N–H and O–H groups in total. The van der Waals surface area contributed by atoms with Crippen LogP contribution in [0.2, 0.25) is 0 Å². The van der Waals surface area contributed by atoms with Gasteiger partial charge in [-0.15, -0.1) is 0 Å². The molecule has 1 aromatic heterocycles. The van der Waals surface area contributed by atoms with Gasteiger partial charge in [0.2, 0.25) is 0 Å². The third-order valence-electron chi connectivity index (χ3n) is 5.02. The summed E-state index contributed by atoms with van der Waals surface area (Å²) in [6.45, 7) is 10.0. The third-order valence-corrected chi connectivity index (χ3v) is 5.02. The topological polar surface area (TPSA) is 51.2 Å². The summed E-state index contributed by atoms with van der Waals surface area (Å²) in [4.78, 5) is 17.0. The van der Waals surface area contributed by atoms with Gasteiger partial charge in [-0.1, -0.05) is 50.2 Å². The maximum atomic E-state index is 12.8. The molecule has 4 heteroatoms. The van der Waals surface area contributed by atoms with Crippen LogP contribution < -0.4 is 10.1 Å². The Hall–Kier alpha value is -3.14. The van der Waals surface area contributed by atoms with Crippen LogP contribution in [0.1, 0.15) is 62.1 Å². The number of pyridine rings is 1. The van der Waals surface area contributed by atoms with Gasteiger partial charge in [0.1, 0.15) is 11.4 Å². The molecule has 4 nitrogen and oxygen atoms in total. The lowest BCUT2D eigenvalue weighted by Gasteiger charge is -2.35. The Balaban J connectivity index is 0.00000117. The van der Waals surface area contributed by atoms with Gasteiger partial charge in [0, 0.05) is 22.9 Å². The minimum Gasteiger partial charge on any atom is -0.481 e.